The molecule has 1 aromatic carbocycles. The topological polar surface area (TPSA) is 138 Å². The lowest BCUT2D eigenvalue weighted by Crippen LogP contribution is -2.35. The molecule has 9 nitrogen and oxygen atoms in total. The van der Waals surface area contributed by atoms with Crippen molar-refractivity contribution in [1.82, 2.24) is 5.32 Å². The number of methoxy groups -OCH3 is 1. The molecule has 10 heteroatoms. The van der Waals surface area contributed by atoms with E-state index in [0.29, 0.717) is 5.76 Å². The van der Waals surface area contributed by atoms with Crippen LogP contribution in [0.25, 0.3) is 0 Å². The summed E-state index contributed by atoms with van der Waals surface area (Å²) in [5.74, 6) is -0.839. The summed E-state index contributed by atoms with van der Waals surface area (Å²) in [6, 6.07) is 6.86. The van der Waals surface area contributed by atoms with Gasteiger partial charge in [-0.25, -0.2) is 18.4 Å². The number of hydrogen-bond donors (Lipinski definition) is 2. The zero-order chi connectivity index (χ0) is 19.3. The number of benzene rings is 1. The molecule has 1 heterocycles. The van der Waals surface area contributed by atoms with Crippen LogP contribution in [0.15, 0.2) is 45.9 Å². The van der Waals surface area contributed by atoms with E-state index in [9.17, 15) is 18.0 Å². The van der Waals surface area contributed by atoms with Crippen molar-refractivity contribution in [2.45, 2.75) is 24.5 Å². The molecule has 1 amide bonds. The lowest BCUT2D eigenvalue weighted by molar-refractivity contribution is -0.129. The van der Waals surface area contributed by atoms with Crippen LogP contribution >= 0.6 is 0 Å². The first-order valence-corrected chi connectivity index (χ1v) is 8.99. The normalized spacial score (nSPS) is 12.3. The smallest absolute Gasteiger partial charge is 0.342 e. The number of carbonyl (C=O) groups is 2. The predicted octanol–water partition coefficient (Wildman–Crippen LogP) is 0.797. The zero-order valence-corrected chi connectivity index (χ0v) is 14.9. The van der Waals surface area contributed by atoms with Crippen LogP contribution in [0.3, 0.4) is 0 Å². The fourth-order valence-electron chi connectivity index (χ4n) is 2.03. The van der Waals surface area contributed by atoms with Crippen molar-refractivity contribution in [1.29, 1.82) is 0 Å². The van der Waals surface area contributed by atoms with Gasteiger partial charge in [0.2, 0.25) is 10.0 Å². The summed E-state index contributed by atoms with van der Waals surface area (Å²) >= 11 is 0. The fraction of sp³-hybridized carbons (Fsp3) is 0.250. The van der Waals surface area contributed by atoms with Gasteiger partial charge in [0.15, 0.2) is 6.10 Å². The Balaban J connectivity index is 2.09. The van der Waals surface area contributed by atoms with E-state index in [1.165, 1.54) is 32.4 Å². The molecule has 0 unspecified atom stereocenters. The minimum Gasteiger partial charge on any atom is -0.496 e. The number of nitrogens with one attached hydrogen (secondary N) is 1. The molecular formula is C16H18N2O7S. The van der Waals surface area contributed by atoms with Crippen molar-refractivity contribution in [2.24, 2.45) is 5.14 Å². The average molecular weight is 382 g/mol. The van der Waals surface area contributed by atoms with Gasteiger partial charge in [0.25, 0.3) is 5.91 Å². The molecule has 26 heavy (non-hydrogen) atoms. The van der Waals surface area contributed by atoms with Gasteiger partial charge in [-0.3, -0.25) is 4.79 Å². The van der Waals surface area contributed by atoms with E-state index in [4.69, 9.17) is 19.0 Å². The maximum atomic E-state index is 12.3. The van der Waals surface area contributed by atoms with Gasteiger partial charge in [-0.2, -0.15) is 0 Å². The maximum Gasteiger partial charge on any atom is 0.342 e. The van der Waals surface area contributed by atoms with E-state index in [-0.39, 0.29) is 22.8 Å². The molecule has 0 bridgehead atoms. The third-order valence-electron chi connectivity index (χ3n) is 3.39. The van der Waals surface area contributed by atoms with Gasteiger partial charge in [0, 0.05) is 0 Å². The Labute approximate surface area is 150 Å². The number of esters is 1. The van der Waals surface area contributed by atoms with Gasteiger partial charge < -0.3 is 19.2 Å². The first-order chi connectivity index (χ1) is 12.2. The van der Waals surface area contributed by atoms with E-state index >= 15 is 0 Å². The maximum absolute atomic E-state index is 12.3. The SMILES string of the molecule is COc1ccc(S(N)(=O)=O)cc1C(=O)O[C@@H](C)C(=O)NCc1ccco1. The molecule has 2 rings (SSSR count). The number of ether oxygens (including phenoxy) is 2. The second-order valence-electron chi connectivity index (χ2n) is 5.25. The number of nitrogens with two attached hydrogens (primary N) is 1. The lowest BCUT2D eigenvalue weighted by atomic mass is 10.2. The summed E-state index contributed by atoms with van der Waals surface area (Å²) in [7, 11) is -2.71. The first-order valence-electron chi connectivity index (χ1n) is 7.44. The molecule has 1 aromatic heterocycles. The molecule has 0 fully saturated rings. The van der Waals surface area contributed by atoms with E-state index in [0.717, 1.165) is 6.07 Å². The Morgan fingerprint density at radius 3 is 2.62 bits per heavy atom. The highest BCUT2D eigenvalue weighted by Crippen LogP contribution is 2.23. The third kappa shape index (κ3) is 4.83. The van der Waals surface area contributed by atoms with Crippen LogP contribution in [0, 0.1) is 0 Å². The molecule has 0 saturated heterocycles. The van der Waals surface area contributed by atoms with Crippen LogP contribution in [-0.4, -0.2) is 33.5 Å². The number of carbonyl (C=O) groups excluding carboxylic acids is 2. The summed E-state index contributed by atoms with van der Waals surface area (Å²) in [4.78, 5) is 24.0. The van der Waals surface area contributed by atoms with E-state index < -0.39 is 28.0 Å². The number of primary sulfonamides is 1. The van der Waals surface area contributed by atoms with Gasteiger partial charge in [-0.05, 0) is 37.3 Å². The molecule has 3 N–H and O–H groups in total. The minimum atomic E-state index is -4.02. The van der Waals surface area contributed by atoms with Gasteiger partial charge in [0.05, 0.1) is 24.8 Å². The Morgan fingerprint density at radius 2 is 2.04 bits per heavy atom. The van der Waals surface area contributed by atoms with Crippen molar-refractivity contribution < 1.29 is 31.9 Å². The quantitative estimate of drug-likeness (QED) is 0.675. The molecule has 0 spiro atoms. The van der Waals surface area contributed by atoms with Gasteiger partial charge in [0.1, 0.15) is 17.1 Å². The van der Waals surface area contributed by atoms with Gasteiger partial charge in [-0.1, -0.05) is 0 Å². The third-order valence-corrected chi connectivity index (χ3v) is 4.30. The van der Waals surface area contributed by atoms with E-state index in [1.807, 2.05) is 0 Å². The van der Waals surface area contributed by atoms with Crippen molar-refractivity contribution in [3.8, 4) is 5.75 Å². The van der Waals surface area contributed by atoms with E-state index in [2.05, 4.69) is 5.32 Å². The monoisotopic (exact) mass is 382 g/mol. The average Bonchev–Trinajstić information content (AvgIpc) is 3.11. The molecule has 140 valence electrons. The molecular weight excluding hydrogens is 364 g/mol. The van der Waals surface area contributed by atoms with Crippen molar-refractivity contribution in [2.75, 3.05) is 7.11 Å². The Morgan fingerprint density at radius 1 is 1.31 bits per heavy atom. The Hall–Kier alpha value is -2.85. The van der Waals surface area contributed by atoms with Crippen LogP contribution in [0.4, 0.5) is 0 Å². The summed E-state index contributed by atoms with van der Waals surface area (Å²) in [5.41, 5.74) is -0.162. The Bertz CT molecular complexity index is 891. The first kappa shape index (κ1) is 19.5. The second-order valence-corrected chi connectivity index (χ2v) is 6.81. The number of hydrogen-bond acceptors (Lipinski definition) is 7. The minimum absolute atomic E-state index is 0.0885. The summed E-state index contributed by atoms with van der Waals surface area (Å²) in [6.07, 6.45) is 0.343. The zero-order valence-electron chi connectivity index (χ0n) is 14.1. The van der Waals surface area contributed by atoms with Crippen molar-refractivity contribution in [3.63, 3.8) is 0 Å². The van der Waals surface area contributed by atoms with Crippen LogP contribution in [-0.2, 0) is 26.1 Å². The lowest BCUT2D eigenvalue weighted by Gasteiger charge is -2.15. The summed E-state index contributed by atoms with van der Waals surface area (Å²) in [6.45, 7) is 1.52. The molecule has 0 saturated carbocycles. The number of rotatable bonds is 7. The van der Waals surface area contributed by atoms with Crippen molar-refractivity contribution in [3.05, 3.63) is 47.9 Å². The second kappa shape index (κ2) is 8.02. The molecule has 2 aromatic rings. The standard InChI is InChI=1S/C16H18N2O7S/c1-10(15(19)18-9-11-4-3-7-24-11)25-16(20)13-8-12(26(17,21)22)5-6-14(13)23-2/h3-8,10H,9H2,1-2H3,(H,18,19)(H2,17,21,22)/t10-/m0/s1. The fourth-order valence-corrected chi connectivity index (χ4v) is 2.57. The van der Waals surface area contributed by atoms with Crippen LogP contribution < -0.4 is 15.2 Å². The number of amides is 1. The summed E-state index contributed by atoms with van der Waals surface area (Å²) < 4.78 is 38.1. The number of sulfonamides is 1. The largest absolute Gasteiger partial charge is 0.496 e. The van der Waals surface area contributed by atoms with E-state index in [1.54, 1.807) is 12.1 Å². The highest BCUT2D eigenvalue weighted by molar-refractivity contribution is 7.89. The molecule has 0 aliphatic rings. The molecule has 0 radical (unpaired) electrons. The van der Waals surface area contributed by atoms with Crippen LogP contribution in [0.5, 0.6) is 5.75 Å². The van der Waals surface area contributed by atoms with Gasteiger partial charge >= 0.3 is 5.97 Å². The van der Waals surface area contributed by atoms with Crippen LogP contribution in [0.1, 0.15) is 23.0 Å². The molecule has 0 aliphatic carbocycles. The number of furan rings is 1. The van der Waals surface area contributed by atoms with Gasteiger partial charge in [-0.15, -0.1) is 0 Å². The van der Waals surface area contributed by atoms with Crippen molar-refractivity contribution >= 4 is 21.9 Å². The predicted molar refractivity (Wildman–Crippen MR) is 89.8 cm³/mol. The Kier molecular flexibility index (Phi) is 6.01. The molecule has 1 atom stereocenters. The molecule has 0 aliphatic heterocycles. The van der Waals surface area contributed by atoms with Crippen LogP contribution in [0.2, 0.25) is 0 Å². The highest BCUT2D eigenvalue weighted by Gasteiger charge is 2.23. The highest BCUT2D eigenvalue weighted by atomic mass is 32.2. The summed E-state index contributed by atoms with van der Waals surface area (Å²) in [5, 5.41) is 7.61.